The SMILES string of the molecule is OCC1OC(c2c3ccccc3c3ccc4c5c(ccc2c53)CCC=4)CC1O. The average Bonchev–Trinajstić information content (AvgIpc) is 3.11. The molecule has 28 heavy (non-hydrogen) atoms. The van der Waals surface area contributed by atoms with Gasteiger partial charge in [-0.2, -0.15) is 0 Å². The second kappa shape index (κ2) is 6.02. The van der Waals surface area contributed by atoms with Gasteiger partial charge in [0.05, 0.1) is 18.8 Å². The van der Waals surface area contributed by atoms with Crippen molar-refractivity contribution in [3.05, 3.63) is 64.9 Å². The van der Waals surface area contributed by atoms with Crippen LogP contribution >= 0.6 is 0 Å². The maximum Gasteiger partial charge on any atom is 0.107 e. The Kier molecular flexibility index (Phi) is 3.54. The lowest BCUT2D eigenvalue weighted by molar-refractivity contribution is -0.0218. The Balaban J connectivity index is 1.78. The van der Waals surface area contributed by atoms with E-state index in [-0.39, 0.29) is 12.7 Å². The van der Waals surface area contributed by atoms with Gasteiger partial charge in [-0.05, 0) is 61.5 Å². The second-order valence-corrected chi connectivity index (χ2v) is 8.08. The number of hydrogen-bond donors (Lipinski definition) is 2. The number of aliphatic hydroxyl groups is 2. The predicted molar refractivity (Wildman–Crippen MR) is 112 cm³/mol. The molecular weight excluding hydrogens is 348 g/mol. The molecule has 4 aromatic carbocycles. The lowest BCUT2D eigenvalue weighted by Crippen LogP contribution is -2.24. The van der Waals surface area contributed by atoms with Crippen molar-refractivity contribution in [3.8, 4) is 0 Å². The monoisotopic (exact) mass is 370 g/mol. The predicted octanol–water partition coefficient (Wildman–Crippen LogP) is 3.78. The molecule has 0 aromatic heterocycles. The minimum absolute atomic E-state index is 0.156. The van der Waals surface area contributed by atoms with E-state index in [9.17, 15) is 10.2 Å². The molecule has 3 heteroatoms. The fourth-order valence-corrected chi connectivity index (χ4v) is 5.33. The van der Waals surface area contributed by atoms with Crippen molar-refractivity contribution in [2.75, 3.05) is 6.61 Å². The smallest absolute Gasteiger partial charge is 0.107 e. The van der Waals surface area contributed by atoms with Gasteiger partial charge in [0, 0.05) is 6.42 Å². The number of fused-ring (bicyclic) bond motifs is 2. The van der Waals surface area contributed by atoms with Gasteiger partial charge < -0.3 is 14.9 Å². The van der Waals surface area contributed by atoms with Gasteiger partial charge in [-0.3, -0.25) is 0 Å². The highest BCUT2D eigenvalue weighted by Crippen LogP contribution is 2.44. The summed E-state index contributed by atoms with van der Waals surface area (Å²) in [4.78, 5) is 0. The number of aliphatic hydroxyl groups excluding tert-OH is 2. The van der Waals surface area contributed by atoms with Gasteiger partial charge in [-0.15, -0.1) is 0 Å². The van der Waals surface area contributed by atoms with Gasteiger partial charge in [0.1, 0.15) is 6.10 Å². The van der Waals surface area contributed by atoms with Crippen molar-refractivity contribution in [2.45, 2.75) is 37.6 Å². The molecule has 0 saturated carbocycles. The van der Waals surface area contributed by atoms with Crippen LogP contribution in [0.2, 0.25) is 0 Å². The van der Waals surface area contributed by atoms with Crippen molar-refractivity contribution in [2.24, 2.45) is 0 Å². The van der Waals surface area contributed by atoms with Gasteiger partial charge >= 0.3 is 0 Å². The first kappa shape index (κ1) is 16.5. The highest BCUT2D eigenvalue weighted by atomic mass is 16.5. The summed E-state index contributed by atoms with van der Waals surface area (Å²) >= 11 is 0. The summed E-state index contributed by atoms with van der Waals surface area (Å²) in [5.74, 6) is 0. The zero-order chi connectivity index (χ0) is 18.8. The van der Waals surface area contributed by atoms with Gasteiger partial charge in [0.25, 0.3) is 0 Å². The molecule has 140 valence electrons. The molecule has 1 heterocycles. The zero-order valence-corrected chi connectivity index (χ0v) is 15.6. The summed E-state index contributed by atoms with van der Waals surface area (Å²) in [5, 5.41) is 28.8. The summed E-state index contributed by atoms with van der Waals surface area (Å²) in [6.45, 7) is -0.156. The Morgan fingerprint density at radius 1 is 0.893 bits per heavy atom. The molecule has 0 bridgehead atoms. The van der Waals surface area contributed by atoms with E-state index in [4.69, 9.17) is 4.74 Å². The fourth-order valence-electron chi connectivity index (χ4n) is 5.33. The molecule has 6 rings (SSSR count). The Bertz CT molecular complexity index is 1290. The molecule has 2 N–H and O–H groups in total. The van der Waals surface area contributed by atoms with Crippen LogP contribution in [0.5, 0.6) is 0 Å². The standard InChI is InChI=1S/C25H22O3/c26-13-22-20(27)12-21(28-22)24-17-7-2-1-6-16(17)18-10-8-14-4-3-5-15-9-11-19(24)25(18)23(14)15/h1-2,4,6-11,20-22,26-27H,3,5,12-13H2. The van der Waals surface area contributed by atoms with E-state index >= 15 is 0 Å². The van der Waals surface area contributed by atoms with Crippen LogP contribution in [0.1, 0.15) is 30.1 Å². The van der Waals surface area contributed by atoms with Crippen LogP contribution in [0.3, 0.4) is 0 Å². The van der Waals surface area contributed by atoms with Crippen molar-refractivity contribution in [3.63, 3.8) is 0 Å². The van der Waals surface area contributed by atoms with E-state index < -0.39 is 12.2 Å². The number of benzene rings is 4. The van der Waals surface area contributed by atoms with Crippen LogP contribution in [0.15, 0.2) is 48.5 Å². The van der Waals surface area contributed by atoms with Crippen molar-refractivity contribution < 1.29 is 14.9 Å². The molecule has 1 aliphatic heterocycles. The third-order valence-corrected chi connectivity index (χ3v) is 6.58. The van der Waals surface area contributed by atoms with Gasteiger partial charge in [0.15, 0.2) is 0 Å². The van der Waals surface area contributed by atoms with Crippen LogP contribution in [0.4, 0.5) is 0 Å². The van der Waals surface area contributed by atoms with Crippen LogP contribution < -0.4 is 5.22 Å². The van der Waals surface area contributed by atoms with Crippen molar-refractivity contribution >= 4 is 38.4 Å². The summed E-state index contributed by atoms with van der Waals surface area (Å²) in [7, 11) is 0. The van der Waals surface area contributed by atoms with Crippen molar-refractivity contribution in [1.82, 2.24) is 0 Å². The molecule has 1 fully saturated rings. The van der Waals surface area contributed by atoms with E-state index in [1.807, 2.05) is 0 Å². The van der Waals surface area contributed by atoms with Gasteiger partial charge in [-0.25, -0.2) is 0 Å². The quantitative estimate of drug-likeness (QED) is 0.417. The maximum atomic E-state index is 10.4. The second-order valence-electron chi connectivity index (χ2n) is 8.08. The molecule has 1 aliphatic carbocycles. The molecule has 1 saturated heterocycles. The molecule has 3 nitrogen and oxygen atoms in total. The molecule has 0 radical (unpaired) electrons. The number of aryl methyl sites for hydroxylation is 1. The Labute approximate surface area is 162 Å². The fraction of sp³-hybridized carbons (Fsp3) is 0.280. The molecular formula is C25H22O3. The lowest BCUT2D eigenvalue weighted by atomic mass is 9.84. The summed E-state index contributed by atoms with van der Waals surface area (Å²) in [6.07, 6.45) is 3.65. The maximum absolute atomic E-state index is 10.4. The molecule has 0 spiro atoms. The van der Waals surface area contributed by atoms with Gasteiger partial charge in [0.2, 0.25) is 0 Å². The molecule has 3 atom stereocenters. The van der Waals surface area contributed by atoms with Crippen LogP contribution in [-0.4, -0.2) is 29.0 Å². The highest BCUT2D eigenvalue weighted by Gasteiger charge is 2.36. The molecule has 4 aromatic rings. The Morgan fingerprint density at radius 3 is 2.54 bits per heavy atom. The van der Waals surface area contributed by atoms with Crippen LogP contribution in [0, 0.1) is 0 Å². The Morgan fingerprint density at radius 2 is 1.71 bits per heavy atom. The molecule has 3 unspecified atom stereocenters. The zero-order valence-electron chi connectivity index (χ0n) is 15.6. The lowest BCUT2D eigenvalue weighted by Gasteiger charge is -2.22. The van der Waals surface area contributed by atoms with E-state index in [1.165, 1.54) is 43.1 Å². The van der Waals surface area contributed by atoms with Crippen LogP contribution in [-0.2, 0) is 11.2 Å². The minimum Gasteiger partial charge on any atom is -0.394 e. The third-order valence-electron chi connectivity index (χ3n) is 6.58. The molecule has 0 amide bonds. The van der Waals surface area contributed by atoms with E-state index in [1.54, 1.807) is 0 Å². The summed E-state index contributed by atoms with van der Waals surface area (Å²) < 4.78 is 6.12. The third kappa shape index (κ3) is 2.15. The first-order valence-corrected chi connectivity index (χ1v) is 10.1. The first-order valence-electron chi connectivity index (χ1n) is 10.1. The number of ether oxygens (including phenoxy) is 1. The first-order chi connectivity index (χ1) is 13.8. The van der Waals surface area contributed by atoms with E-state index in [0.717, 1.165) is 18.4 Å². The number of rotatable bonds is 2. The van der Waals surface area contributed by atoms with Crippen molar-refractivity contribution in [1.29, 1.82) is 0 Å². The van der Waals surface area contributed by atoms with E-state index in [0.29, 0.717) is 6.42 Å². The van der Waals surface area contributed by atoms with Gasteiger partial charge in [-0.1, -0.05) is 54.6 Å². The van der Waals surface area contributed by atoms with E-state index in [2.05, 4.69) is 54.6 Å². The number of hydrogen-bond acceptors (Lipinski definition) is 3. The molecule has 2 aliphatic rings. The topological polar surface area (TPSA) is 49.7 Å². The van der Waals surface area contributed by atoms with Crippen LogP contribution in [0.25, 0.3) is 38.4 Å². The summed E-state index contributed by atoms with van der Waals surface area (Å²) in [6, 6.07) is 17.5. The largest absolute Gasteiger partial charge is 0.394 e. The normalized spacial score (nSPS) is 24.3. The minimum atomic E-state index is -0.635. The highest BCUT2D eigenvalue weighted by molar-refractivity contribution is 6.24. The Hall–Kier alpha value is -2.46. The average molecular weight is 370 g/mol. The summed E-state index contributed by atoms with van der Waals surface area (Å²) in [5.41, 5.74) is 2.56.